The van der Waals surface area contributed by atoms with Crippen molar-refractivity contribution in [3.05, 3.63) is 34.8 Å². The van der Waals surface area contributed by atoms with Crippen LogP contribution in [0, 0.1) is 6.92 Å². The van der Waals surface area contributed by atoms with Crippen LogP contribution in [0.3, 0.4) is 0 Å². The zero-order valence-corrected chi connectivity index (χ0v) is 7.67. The molecule has 3 heteroatoms. The number of imidazole rings is 1. The van der Waals surface area contributed by atoms with Crippen molar-refractivity contribution in [1.82, 2.24) is 9.38 Å². The number of rotatable bonds is 0. The number of hydrogen-bond acceptors (Lipinski definition) is 1. The van der Waals surface area contributed by atoms with Crippen molar-refractivity contribution in [2.24, 2.45) is 0 Å². The van der Waals surface area contributed by atoms with Gasteiger partial charge in [-0.2, -0.15) is 0 Å². The minimum absolute atomic E-state index is 1.10. The van der Waals surface area contributed by atoms with E-state index >= 15 is 0 Å². The van der Waals surface area contributed by atoms with E-state index in [1.807, 2.05) is 23.0 Å². The van der Waals surface area contributed by atoms with Crippen LogP contribution in [0.15, 0.2) is 29.1 Å². The van der Waals surface area contributed by atoms with E-state index in [1.165, 1.54) is 5.69 Å². The third kappa shape index (κ3) is 1.05. The molecule has 0 spiro atoms. The van der Waals surface area contributed by atoms with Crippen molar-refractivity contribution >= 4 is 21.4 Å². The summed E-state index contributed by atoms with van der Waals surface area (Å²) in [5, 5.41) is 0. The van der Waals surface area contributed by atoms with E-state index in [9.17, 15) is 0 Å². The minimum atomic E-state index is 1.10. The summed E-state index contributed by atoms with van der Waals surface area (Å²) in [6, 6.07) is 4.11. The molecule has 0 aliphatic carbocycles. The summed E-state index contributed by atoms with van der Waals surface area (Å²) in [6.07, 6.45) is 3.66. The molecule has 0 fully saturated rings. The van der Waals surface area contributed by atoms with Gasteiger partial charge in [-0.1, -0.05) is 15.9 Å². The summed E-state index contributed by atoms with van der Waals surface area (Å²) in [5.74, 6) is 0. The number of nitrogens with zero attached hydrogens (tertiary/aromatic N) is 2. The number of aromatic nitrogens is 2. The zero-order chi connectivity index (χ0) is 7.84. The molecular weight excluding hydrogens is 204 g/mol. The van der Waals surface area contributed by atoms with Crippen molar-refractivity contribution in [2.45, 2.75) is 6.92 Å². The van der Waals surface area contributed by atoms with E-state index in [4.69, 9.17) is 0 Å². The van der Waals surface area contributed by atoms with E-state index in [0.29, 0.717) is 0 Å². The second kappa shape index (κ2) is 2.34. The standard InChI is InChI=1S/C8H7BrN2/c1-6-2-7(9)3-8-4-10-5-11(6)8/h2-5H,1H3. The van der Waals surface area contributed by atoms with Crippen LogP contribution < -0.4 is 0 Å². The molecule has 0 aliphatic rings. The summed E-state index contributed by atoms with van der Waals surface area (Å²) in [7, 11) is 0. The molecule has 0 N–H and O–H groups in total. The molecule has 0 saturated heterocycles. The van der Waals surface area contributed by atoms with Gasteiger partial charge in [0.2, 0.25) is 0 Å². The van der Waals surface area contributed by atoms with Gasteiger partial charge in [0.25, 0.3) is 0 Å². The first-order valence-electron chi connectivity index (χ1n) is 3.35. The van der Waals surface area contributed by atoms with Crippen LogP contribution in [0.1, 0.15) is 5.69 Å². The topological polar surface area (TPSA) is 17.3 Å². The molecule has 56 valence electrons. The fraction of sp³-hybridized carbons (Fsp3) is 0.125. The lowest BCUT2D eigenvalue weighted by Gasteiger charge is -1.99. The van der Waals surface area contributed by atoms with E-state index in [2.05, 4.69) is 33.9 Å². The maximum Gasteiger partial charge on any atom is 0.0994 e. The van der Waals surface area contributed by atoms with Gasteiger partial charge < -0.3 is 4.40 Å². The second-order valence-electron chi connectivity index (χ2n) is 2.50. The molecule has 2 aromatic rings. The van der Waals surface area contributed by atoms with Crippen LogP contribution in [-0.2, 0) is 0 Å². The number of aryl methyl sites for hydroxylation is 1. The fourth-order valence-electron chi connectivity index (χ4n) is 1.16. The lowest BCUT2D eigenvalue weighted by atomic mass is 10.3. The predicted molar refractivity (Wildman–Crippen MR) is 47.6 cm³/mol. The monoisotopic (exact) mass is 210 g/mol. The lowest BCUT2D eigenvalue weighted by Crippen LogP contribution is -1.87. The molecule has 2 heterocycles. The maximum absolute atomic E-state index is 4.05. The van der Waals surface area contributed by atoms with Crippen molar-refractivity contribution in [1.29, 1.82) is 0 Å². The van der Waals surface area contributed by atoms with Gasteiger partial charge in [0.05, 0.1) is 18.0 Å². The Morgan fingerprint density at radius 2 is 2.27 bits per heavy atom. The number of pyridine rings is 1. The number of fused-ring (bicyclic) bond motifs is 1. The largest absolute Gasteiger partial charge is 0.304 e. The average molecular weight is 211 g/mol. The van der Waals surface area contributed by atoms with Gasteiger partial charge in [-0.05, 0) is 19.1 Å². The van der Waals surface area contributed by atoms with Crippen LogP contribution in [0.4, 0.5) is 0 Å². The summed E-state index contributed by atoms with van der Waals surface area (Å²) in [4.78, 5) is 4.05. The number of halogens is 1. The Kier molecular flexibility index (Phi) is 1.46. The van der Waals surface area contributed by atoms with Gasteiger partial charge in [-0.15, -0.1) is 0 Å². The highest BCUT2D eigenvalue weighted by Crippen LogP contribution is 2.15. The average Bonchev–Trinajstić information content (AvgIpc) is 2.34. The fourth-order valence-corrected chi connectivity index (χ4v) is 1.72. The molecule has 0 radical (unpaired) electrons. The number of hydrogen-bond donors (Lipinski definition) is 0. The highest BCUT2D eigenvalue weighted by molar-refractivity contribution is 9.10. The normalized spacial score (nSPS) is 10.7. The van der Waals surface area contributed by atoms with Crippen LogP contribution in [0.25, 0.3) is 5.52 Å². The molecule has 0 saturated carbocycles. The second-order valence-corrected chi connectivity index (χ2v) is 3.42. The molecule has 0 aromatic carbocycles. The Hall–Kier alpha value is -0.830. The smallest absolute Gasteiger partial charge is 0.0994 e. The van der Waals surface area contributed by atoms with E-state index in [1.54, 1.807) is 0 Å². The quantitative estimate of drug-likeness (QED) is 0.653. The maximum atomic E-state index is 4.05. The van der Waals surface area contributed by atoms with Crippen LogP contribution in [0.2, 0.25) is 0 Å². The molecule has 2 aromatic heterocycles. The molecule has 2 rings (SSSR count). The predicted octanol–water partition coefficient (Wildman–Crippen LogP) is 2.41. The van der Waals surface area contributed by atoms with Crippen molar-refractivity contribution in [2.75, 3.05) is 0 Å². The molecule has 11 heavy (non-hydrogen) atoms. The first kappa shape index (κ1) is 6.85. The van der Waals surface area contributed by atoms with E-state index < -0.39 is 0 Å². The van der Waals surface area contributed by atoms with Crippen molar-refractivity contribution < 1.29 is 0 Å². The Labute approximate surface area is 73.0 Å². The Morgan fingerprint density at radius 1 is 1.45 bits per heavy atom. The summed E-state index contributed by atoms with van der Waals surface area (Å²) in [5.41, 5.74) is 2.31. The SMILES string of the molecule is Cc1cc(Br)cc2cncn12. The van der Waals surface area contributed by atoms with Crippen LogP contribution >= 0.6 is 15.9 Å². The van der Waals surface area contributed by atoms with Gasteiger partial charge in [-0.3, -0.25) is 0 Å². The van der Waals surface area contributed by atoms with E-state index in [0.717, 1.165) is 9.99 Å². The van der Waals surface area contributed by atoms with Crippen LogP contribution in [0.5, 0.6) is 0 Å². The highest BCUT2D eigenvalue weighted by atomic mass is 79.9. The zero-order valence-electron chi connectivity index (χ0n) is 6.08. The molecule has 2 nitrogen and oxygen atoms in total. The molecule has 0 unspecified atom stereocenters. The minimum Gasteiger partial charge on any atom is -0.304 e. The van der Waals surface area contributed by atoms with Crippen LogP contribution in [-0.4, -0.2) is 9.38 Å². The van der Waals surface area contributed by atoms with Crippen molar-refractivity contribution in [3.63, 3.8) is 0 Å². The molecule has 0 aliphatic heterocycles. The molecule has 0 amide bonds. The lowest BCUT2D eigenvalue weighted by molar-refractivity contribution is 1.07. The first-order chi connectivity index (χ1) is 5.27. The summed E-state index contributed by atoms with van der Waals surface area (Å²) in [6.45, 7) is 2.06. The summed E-state index contributed by atoms with van der Waals surface area (Å²) < 4.78 is 3.15. The Balaban J connectivity index is 2.91. The Bertz CT molecular complexity index is 392. The highest BCUT2D eigenvalue weighted by Gasteiger charge is 1.96. The van der Waals surface area contributed by atoms with Gasteiger partial charge >= 0.3 is 0 Å². The molecule has 0 atom stereocenters. The Morgan fingerprint density at radius 3 is 3.09 bits per heavy atom. The third-order valence-electron chi connectivity index (χ3n) is 1.68. The van der Waals surface area contributed by atoms with E-state index in [-0.39, 0.29) is 0 Å². The molecular formula is C8H7BrN2. The van der Waals surface area contributed by atoms with Gasteiger partial charge in [0.1, 0.15) is 0 Å². The van der Waals surface area contributed by atoms with Gasteiger partial charge in [0.15, 0.2) is 0 Å². The molecule has 0 bridgehead atoms. The third-order valence-corrected chi connectivity index (χ3v) is 2.14. The van der Waals surface area contributed by atoms with Crippen molar-refractivity contribution in [3.8, 4) is 0 Å². The summed E-state index contributed by atoms with van der Waals surface area (Å²) >= 11 is 3.43. The first-order valence-corrected chi connectivity index (χ1v) is 4.15. The van der Waals surface area contributed by atoms with Gasteiger partial charge in [-0.25, -0.2) is 4.98 Å². The van der Waals surface area contributed by atoms with Gasteiger partial charge in [0, 0.05) is 10.2 Å².